The second-order valence-electron chi connectivity index (χ2n) is 5.92. The summed E-state index contributed by atoms with van der Waals surface area (Å²) in [6.45, 7) is 14.5. The van der Waals surface area contributed by atoms with Gasteiger partial charge in [-0.15, -0.1) is 0 Å². The summed E-state index contributed by atoms with van der Waals surface area (Å²) in [6, 6.07) is 0. The Labute approximate surface area is 148 Å². The van der Waals surface area contributed by atoms with Crippen molar-refractivity contribution >= 4 is 0 Å². The van der Waals surface area contributed by atoms with Crippen LogP contribution in [0.5, 0.6) is 0 Å². The Morgan fingerprint density at radius 3 is 1.68 bits per heavy atom. The standard InChI is InChI=1S/C15H23.3ClH.Ti/c1-8-7-9(2)15-13(6)11(4)10(3)12(5)14(8)15;;;;/h8,10-13H,1-6H3;3*1H;/q;;;;+3/p-3. The van der Waals surface area contributed by atoms with Gasteiger partial charge in [-0.3, -0.25) is 0 Å². The molecule has 0 aliphatic heterocycles. The first-order valence-electron chi connectivity index (χ1n) is 6.54. The summed E-state index contributed by atoms with van der Waals surface area (Å²) in [7, 11) is 0. The fourth-order valence-corrected chi connectivity index (χ4v) is 4.23. The predicted molar refractivity (Wildman–Crippen MR) is 65.5 cm³/mol. The van der Waals surface area contributed by atoms with E-state index in [0.29, 0.717) is 5.92 Å². The van der Waals surface area contributed by atoms with E-state index >= 15 is 0 Å². The van der Waals surface area contributed by atoms with Crippen LogP contribution in [0.4, 0.5) is 0 Å². The minimum Gasteiger partial charge on any atom is -1.00 e. The molecule has 0 spiro atoms. The van der Waals surface area contributed by atoms with Crippen LogP contribution in [0.3, 0.4) is 0 Å². The molecule has 0 heterocycles. The minimum absolute atomic E-state index is 0. The van der Waals surface area contributed by atoms with Crippen LogP contribution in [0, 0.1) is 29.6 Å². The van der Waals surface area contributed by atoms with Gasteiger partial charge in [-0.25, -0.2) is 0 Å². The van der Waals surface area contributed by atoms with E-state index in [0.717, 1.165) is 23.7 Å². The third-order valence-corrected chi connectivity index (χ3v) is 6.63. The Morgan fingerprint density at radius 1 is 0.789 bits per heavy atom. The van der Waals surface area contributed by atoms with Gasteiger partial charge in [-0.1, -0.05) is 0 Å². The summed E-state index contributed by atoms with van der Waals surface area (Å²) in [5.41, 5.74) is 5.07. The van der Waals surface area contributed by atoms with E-state index in [9.17, 15) is 0 Å². The smallest absolute Gasteiger partial charge is 1.00 e. The molecule has 2 aliphatic rings. The molecule has 0 saturated heterocycles. The van der Waals surface area contributed by atoms with Gasteiger partial charge >= 0.3 is 112 Å². The largest absolute Gasteiger partial charge is 1.00 e. The van der Waals surface area contributed by atoms with Crippen LogP contribution in [0.15, 0.2) is 20.6 Å². The number of halogens is 3. The first-order valence-corrected chi connectivity index (χ1v) is 7.32. The van der Waals surface area contributed by atoms with Crippen LogP contribution in [0.2, 0.25) is 0 Å². The Balaban J connectivity index is 0. The molecule has 0 bridgehead atoms. The average molecular weight is 358 g/mol. The molecule has 0 aromatic rings. The molecule has 0 amide bonds. The van der Waals surface area contributed by atoms with Gasteiger partial charge in [-0.05, 0) is 0 Å². The molecule has 5 unspecified atom stereocenters. The molecular weight excluding hydrogens is 334 g/mol. The van der Waals surface area contributed by atoms with E-state index in [4.69, 9.17) is 0 Å². The van der Waals surface area contributed by atoms with Gasteiger partial charge in [0.25, 0.3) is 0 Å². The molecule has 0 aromatic heterocycles. The van der Waals surface area contributed by atoms with Gasteiger partial charge in [0, 0.05) is 0 Å². The van der Waals surface area contributed by atoms with Crippen LogP contribution in [0.25, 0.3) is 0 Å². The predicted octanol–water partition coefficient (Wildman–Crippen LogP) is -4.68. The summed E-state index contributed by atoms with van der Waals surface area (Å²) in [4.78, 5) is 0. The van der Waals surface area contributed by atoms with Crippen molar-refractivity contribution in [3.05, 3.63) is 20.6 Å². The Bertz CT molecular complexity index is 387. The van der Waals surface area contributed by atoms with Crippen LogP contribution in [-0.2, 0) is 20.4 Å². The zero-order chi connectivity index (χ0) is 12.2. The number of hydrogen-bond acceptors (Lipinski definition) is 0. The topological polar surface area (TPSA) is 0 Å². The molecule has 19 heavy (non-hydrogen) atoms. The number of rotatable bonds is 0. The fourth-order valence-electron chi connectivity index (χ4n) is 3.78. The molecule has 2 rings (SSSR count). The van der Waals surface area contributed by atoms with Crippen LogP contribution >= 0.6 is 0 Å². The third-order valence-electron chi connectivity index (χ3n) is 5.37. The van der Waals surface area contributed by atoms with Crippen molar-refractivity contribution in [3.8, 4) is 0 Å². The summed E-state index contributed by atoms with van der Waals surface area (Å²) in [5, 5.41) is 0. The Kier molecular flexibility index (Phi) is 9.29. The van der Waals surface area contributed by atoms with Crippen molar-refractivity contribution in [2.45, 2.75) is 41.5 Å². The van der Waals surface area contributed by atoms with E-state index < -0.39 is 0 Å². The monoisotopic (exact) mass is 356 g/mol. The molecular formula is C15H23Cl3Ti. The molecule has 5 atom stereocenters. The first kappa shape index (κ1) is 22.3. The number of allylic oxidation sites excluding steroid dienone is 4. The van der Waals surface area contributed by atoms with Crippen LogP contribution in [-0.4, -0.2) is 0 Å². The molecule has 0 saturated carbocycles. The molecule has 4 heteroatoms. The quantitative estimate of drug-likeness (QED) is 0.383. The maximum Gasteiger partial charge on any atom is -1.00 e. The molecule has 0 radical (unpaired) electrons. The van der Waals surface area contributed by atoms with Crippen molar-refractivity contribution in [2.75, 3.05) is 0 Å². The van der Waals surface area contributed by atoms with Crippen LogP contribution < -0.4 is 37.2 Å². The second-order valence-corrected chi connectivity index (χ2v) is 6.77. The summed E-state index contributed by atoms with van der Waals surface area (Å²) in [6.07, 6.45) is 0. The van der Waals surface area contributed by atoms with E-state index in [1.807, 2.05) is 0 Å². The molecule has 2 aliphatic carbocycles. The average Bonchev–Trinajstić information content (AvgIpc) is 2.48. The summed E-state index contributed by atoms with van der Waals surface area (Å²) >= 11 is 2.33. The van der Waals surface area contributed by atoms with Gasteiger partial charge in [-0.2, -0.15) is 0 Å². The normalized spacial score (nSPS) is 37.2. The number of hydrogen-bond donors (Lipinski definition) is 0. The van der Waals surface area contributed by atoms with Gasteiger partial charge in [0.05, 0.1) is 0 Å². The van der Waals surface area contributed by atoms with Crippen molar-refractivity contribution in [1.82, 2.24) is 0 Å². The molecule has 0 nitrogen and oxygen atoms in total. The molecule has 0 aromatic carbocycles. The van der Waals surface area contributed by atoms with Crippen molar-refractivity contribution in [3.63, 3.8) is 0 Å². The second kappa shape index (κ2) is 7.90. The van der Waals surface area contributed by atoms with Gasteiger partial charge in [0.1, 0.15) is 0 Å². The van der Waals surface area contributed by atoms with E-state index in [-0.39, 0.29) is 37.2 Å². The Morgan fingerprint density at radius 2 is 1.21 bits per heavy atom. The molecule has 108 valence electrons. The zero-order valence-corrected chi connectivity index (χ0v) is 16.3. The fraction of sp³-hybridized carbons (Fsp3) is 0.733. The van der Waals surface area contributed by atoms with Gasteiger partial charge in [0.2, 0.25) is 0 Å². The van der Waals surface area contributed by atoms with Crippen molar-refractivity contribution in [1.29, 1.82) is 0 Å². The molecule has 0 N–H and O–H groups in total. The van der Waals surface area contributed by atoms with Crippen molar-refractivity contribution < 1.29 is 57.7 Å². The molecule has 0 fully saturated rings. The maximum absolute atomic E-state index is 2.44. The summed E-state index contributed by atoms with van der Waals surface area (Å²) in [5.74, 6) is 3.86. The minimum atomic E-state index is 0. The van der Waals surface area contributed by atoms with Crippen molar-refractivity contribution in [2.24, 2.45) is 29.6 Å². The zero-order valence-electron chi connectivity index (χ0n) is 12.5. The van der Waals surface area contributed by atoms with Crippen LogP contribution in [0.1, 0.15) is 41.5 Å². The van der Waals surface area contributed by atoms with E-state index in [1.54, 1.807) is 20.6 Å². The third kappa shape index (κ3) is 3.29. The maximum atomic E-state index is 2.44. The SMILES string of the molecule is CC1=[C]([Ti+3])C(C)C2=C1C(C)C(C)C(C)C2C.[Cl-].[Cl-].[Cl-]. The van der Waals surface area contributed by atoms with E-state index in [1.165, 1.54) is 0 Å². The van der Waals surface area contributed by atoms with Gasteiger partial charge < -0.3 is 37.2 Å². The Hall–Kier alpha value is 1.06. The van der Waals surface area contributed by atoms with E-state index in [2.05, 4.69) is 62.0 Å². The van der Waals surface area contributed by atoms with Gasteiger partial charge in [0.15, 0.2) is 0 Å². The first-order chi connectivity index (χ1) is 7.37. The summed E-state index contributed by atoms with van der Waals surface area (Å²) < 4.78 is 1.62.